The molecule has 5 nitrogen and oxygen atoms in total. The van der Waals surface area contributed by atoms with E-state index in [2.05, 4.69) is 15.6 Å². The van der Waals surface area contributed by atoms with Crippen LogP contribution in [0, 0.1) is 18.3 Å². The maximum Gasteiger partial charge on any atom is 0.235 e. The summed E-state index contributed by atoms with van der Waals surface area (Å²) in [5.41, 5.74) is 0.472. The van der Waals surface area contributed by atoms with Crippen LogP contribution in [0.25, 0.3) is 0 Å². The third kappa shape index (κ3) is 2.24. The number of aryl methyl sites for hydroxylation is 1. The Morgan fingerprint density at radius 1 is 1.58 bits per heavy atom. The zero-order valence-corrected chi connectivity index (χ0v) is 11.1. The minimum atomic E-state index is -0.427. The summed E-state index contributed by atoms with van der Waals surface area (Å²) in [5, 5.41) is 6.27. The number of nitrogens with zero attached hydrogens (tertiary/aromatic N) is 1. The number of fused-ring (bicyclic) bond motifs is 1. The fourth-order valence-electron chi connectivity index (χ4n) is 3.02. The largest absolute Gasteiger partial charge is 0.380 e. The molecule has 0 spiro atoms. The van der Waals surface area contributed by atoms with Crippen LogP contribution in [0.5, 0.6) is 0 Å². The number of hydrogen-bond donors (Lipinski definition) is 2. The zero-order chi connectivity index (χ0) is 13.3. The highest BCUT2D eigenvalue weighted by Gasteiger charge is 2.50. The van der Waals surface area contributed by atoms with E-state index in [-0.39, 0.29) is 5.91 Å². The van der Waals surface area contributed by atoms with Gasteiger partial charge in [0.15, 0.2) is 0 Å². The van der Waals surface area contributed by atoms with Gasteiger partial charge in [-0.15, -0.1) is 0 Å². The standard InChI is InChI=1S/C14H19N3O2/c1-10-3-2-4-12(16-10)17-13(18)14-8-15-7-11(14)5-6-19-9-14/h2-4,11,15H,5-9H2,1H3,(H,16,17,18)/t11-,14+/m1/s1. The molecule has 102 valence electrons. The summed E-state index contributed by atoms with van der Waals surface area (Å²) in [5.74, 6) is 1.02. The van der Waals surface area contributed by atoms with Crippen LogP contribution in [-0.4, -0.2) is 37.2 Å². The predicted octanol–water partition coefficient (Wildman–Crippen LogP) is 0.955. The number of amides is 1. The predicted molar refractivity (Wildman–Crippen MR) is 71.8 cm³/mol. The number of nitrogens with one attached hydrogen (secondary N) is 2. The van der Waals surface area contributed by atoms with Crippen molar-refractivity contribution in [2.24, 2.45) is 11.3 Å². The summed E-state index contributed by atoms with van der Waals surface area (Å²) in [6, 6.07) is 5.64. The fraction of sp³-hybridized carbons (Fsp3) is 0.571. The first kappa shape index (κ1) is 12.6. The second-order valence-corrected chi connectivity index (χ2v) is 5.44. The third-order valence-electron chi connectivity index (χ3n) is 4.17. The fourth-order valence-corrected chi connectivity index (χ4v) is 3.02. The summed E-state index contributed by atoms with van der Waals surface area (Å²) >= 11 is 0. The smallest absolute Gasteiger partial charge is 0.235 e. The van der Waals surface area contributed by atoms with Crippen LogP contribution in [0.1, 0.15) is 12.1 Å². The lowest BCUT2D eigenvalue weighted by Gasteiger charge is -2.36. The molecule has 19 heavy (non-hydrogen) atoms. The monoisotopic (exact) mass is 261 g/mol. The molecule has 3 heterocycles. The molecule has 2 atom stereocenters. The molecule has 0 aromatic carbocycles. The van der Waals surface area contributed by atoms with Crippen LogP contribution >= 0.6 is 0 Å². The van der Waals surface area contributed by atoms with E-state index in [1.165, 1.54) is 0 Å². The van der Waals surface area contributed by atoms with Gasteiger partial charge in [-0.3, -0.25) is 4.79 Å². The number of pyridine rings is 1. The van der Waals surface area contributed by atoms with Crippen LogP contribution in [-0.2, 0) is 9.53 Å². The second-order valence-electron chi connectivity index (χ2n) is 5.44. The van der Waals surface area contributed by atoms with Crippen molar-refractivity contribution in [2.45, 2.75) is 13.3 Å². The molecule has 0 aliphatic carbocycles. The van der Waals surface area contributed by atoms with Crippen molar-refractivity contribution >= 4 is 11.7 Å². The van der Waals surface area contributed by atoms with E-state index in [9.17, 15) is 4.79 Å². The topological polar surface area (TPSA) is 63.2 Å². The quantitative estimate of drug-likeness (QED) is 0.832. The Hall–Kier alpha value is -1.46. The highest BCUT2D eigenvalue weighted by atomic mass is 16.5. The van der Waals surface area contributed by atoms with Gasteiger partial charge in [-0.1, -0.05) is 6.07 Å². The number of aromatic nitrogens is 1. The van der Waals surface area contributed by atoms with Gasteiger partial charge < -0.3 is 15.4 Å². The number of ether oxygens (including phenoxy) is 1. The normalized spacial score (nSPS) is 29.8. The number of carbonyl (C=O) groups excluding carboxylic acids is 1. The van der Waals surface area contributed by atoms with E-state index in [0.717, 1.165) is 25.3 Å². The Balaban J connectivity index is 1.79. The Kier molecular flexibility index (Phi) is 3.24. The molecule has 2 fully saturated rings. The average molecular weight is 261 g/mol. The van der Waals surface area contributed by atoms with E-state index in [1.807, 2.05) is 25.1 Å². The molecule has 1 amide bonds. The van der Waals surface area contributed by atoms with E-state index >= 15 is 0 Å². The summed E-state index contributed by atoms with van der Waals surface area (Å²) in [7, 11) is 0. The minimum absolute atomic E-state index is 0.0281. The molecular formula is C14H19N3O2. The van der Waals surface area contributed by atoms with E-state index < -0.39 is 5.41 Å². The summed E-state index contributed by atoms with van der Waals surface area (Å²) in [6.45, 7) is 4.76. The number of rotatable bonds is 2. The SMILES string of the molecule is Cc1cccc(NC(=O)[C@]23CNC[C@H]2CCOC3)n1. The van der Waals surface area contributed by atoms with Gasteiger partial charge in [0.05, 0.1) is 12.0 Å². The Bertz CT molecular complexity index is 491. The Morgan fingerprint density at radius 2 is 2.47 bits per heavy atom. The lowest BCUT2D eigenvalue weighted by molar-refractivity contribution is -0.135. The highest BCUT2D eigenvalue weighted by molar-refractivity contribution is 5.95. The van der Waals surface area contributed by atoms with Gasteiger partial charge in [0.25, 0.3) is 0 Å². The van der Waals surface area contributed by atoms with Gasteiger partial charge in [0.2, 0.25) is 5.91 Å². The maximum atomic E-state index is 12.6. The first-order valence-corrected chi connectivity index (χ1v) is 6.74. The lowest BCUT2D eigenvalue weighted by Crippen LogP contribution is -2.49. The summed E-state index contributed by atoms with van der Waals surface area (Å²) < 4.78 is 5.55. The zero-order valence-electron chi connectivity index (χ0n) is 11.1. The highest BCUT2D eigenvalue weighted by Crippen LogP contribution is 2.38. The maximum absolute atomic E-state index is 12.6. The molecular weight excluding hydrogens is 242 g/mol. The van der Waals surface area contributed by atoms with Gasteiger partial charge in [0, 0.05) is 18.8 Å². The minimum Gasteiger partial charge on any atom is -0.380 e. The number of carbonyl (C=O) groups is 1. The number of anilines is 1. The van der Waals surface area contributed by atoms with Gasteiger partial charge >= 0.3 is 0 Å². The van der Waals surface area contributed by atoms with Crippen molar-refractivity contribution in [3.05, 3.63) is 23.9 Å². The van der Waals surface area contributed by atoms with Crippen LogP contribution in [0.4, 0.5) is 5.82 Å². The Labute approximate surface area is 112 Å². The van der Waals surface area contributed by atoms with Crippen LogP contribution in [0.15, 0.2) is 18.2 Å². The van der Waals surface area contributed by atoms with Gasteiger partial charge in [-0.25, -0.2) is 4.98 Å². The molecule has 1 aromatic rings. The summed E-state index contributed by atoms with van der Waals surface area (Å²) in [4.78, 5) is 16.9. The van der Waals surface area contributed by atoms with Gasteiger partial charge in [0.1, 0.15) is 5.82 Å². The van der Waals surface area contributed by atoms with Crippen LogP contribution in [0.3, 0.4) is 0 Å². The lowest BCUT2D eigenvalue weighted by atomic mass is 9.75. The molecule has 0 saturated carbocycles. The molecule has 0 radical (unpaired) electrons. The average Bonchev–Trinajstić information content (AvgIpc) is 2.83. The molecule has 3 rings (SSSR count). The first-order chi connectivity index (χ1) is 9.21. The second kappa shape index (κ2) is 4.90. The van der Waals surface area contributed by atoms with Crippen LogP contribution in [0.2, 0.25) is 0 Å². The third-order valence-corrected chi connectivity index (χ3v) is 4.17. The van der Waals surface area contributed by atoms with Crippen molar-refractivity contribution in [2.75, 3.05) is 31.6 Å². The van der Waals surface area contributed by atoms with Crippen molar-refractivity contribution in [3.63, 3.8) is 0 Å². The van der Waals surface area contributed by atoms with Crippen molar-refractivity contribution < 1.29 is 9.53 Å². The van der Waals surface area contributed by atoms with E-state index in [0.29, 0.717) is 24.9 Å². The molecule has 5 heteroatoms. The van der Waals surface area contributed by atoms with Gasteiger partial charge in [-0.05, 0) is 37.9 Å². The van der Waals surface area contributed by atoms with Crippen molar-refractivity contribution in [1.82, 2.24) is 10.3 Å². The number of hydrogen-bond acceptors (Lipinski definition) is 4. The molecule has 2 aliphatic rings. The Morgan fingerprint density at radius 3 is 3.32 bits per heavy atom. The molecule has 1 aromatic heterocycles. The molecule has 0 unspecified atom stereocenters. The molecule has 2 saturated heterocycles. The van der Waals surface area contributed by atoms with Gasteiger partial charge in [-0.2, -0.15) is 0 Å². The summed E-state index contributed by atoms with van der Waals surface area (Å²) in [6.07, 6.45) is 0.946. The first-order valence-electron chi connectivity index (χ1n) is 6.74. The molecule has 0 bridgehead atoms. The van der Waals surface area contributed by atoms with Crippen molar-refractivity contribution in [1.29, 1.82) is 0 Å². The molecule has 2 aliphatic heterocycles. The molecule has 2 N–H and O–H groups in total. The van der Waals surface area contributed by atoms with E-state index in [1.54, 1.807) is 0 Å². The van der Waals surface area contributed by atoms with Crippen molar-refractivity contribution in [3.8, 4) is 0 Å². The van der Waals surface area contributed by atoms with E-state index in [4.69, 9.17) is 4.74 Å². The van der Waals surface area contributed by atoms with Crippen LogP contribution < -0.4 is 10.6 Å².